The summed E-state index contributed by atoms with van der Waals surface area (Å²) in [6, 6.07) is 12.5. The molecule has 0 saturated heterocycles. The Bertz CT molecular complexity index is 898. The second-order valence-electron chi connectivity index (χ2n) is 7.01. The van der Waals surface area contributed by atoms with Crippen molar-refractivity contribution in [3.05, 3.63) is 59.2 Å². The lowest BCUT2D eigenvalue weighted by molar-refractivity contribution is -0.131. The average Bonchev–Trinajstić information content (AvgIpc) is 3.22. The Hall–Kier alpha value is -2.11. The van der Waals surface area contributed by atoms with E-state index in [1.807, 2.05) is 17.0 Å². The average molecular weight is 369 g/mol. The quantitative estimate of drug-likeness (QED) is 0.684. The number of benzene rings is 1. The van der Waals surface area contributed by atoms with Gasteiger partial charge in [0.05, 0.1) is 13.0 Å². The summed E-state index contributed by atoms with van der Waals surface area (Å²) < 4.78 is 8.81. The van der Waals surface area contributed by atoms with E-state index in [9.17, 15) is 4.79 Å². The van der Waals surface area contributed by atoms with Gasteiger partial charge in [0.15, 0.2) is 0 Å². The predicted octanol–water partition coefficient (Wildman–Crippen LogP) is 3.94. The zero-order chi connectivity index (χ0) is 17.9. The first-order chi connectivity index (χ1) is 12.7. The van der Waals surface area contributed by atoms with Crippen molar-refractivity contribution in [3.8, 4) is 0 Å². The summed E-state index contributed by atoms with van der Waals surface area (Å²) in [5.74, 6) is 0.636. The van der Waals surface area contributed by atoms with E-state index >= 15 is 0 Å². The van der Waals surface area contributed by atoms with Gasteiger partial charge < -0.3 is 14.2 Å². The van der Waals surface area contributed by atoms with E-state index in [0.29, 0.717) is 18.9 Å². The third kappa shape index (κ3) is 3.55. The Morgan fingerprint density at radius 2 is 2.12 bits per heavy atom. The van der Waals surface area contributed by atoms with Crippen LogP contribution in [0.3, 0.4) is 0 Å². The molecule has 0 bridgehead atoms. The van der Waals surface area contributed by atoms with E-state index in [1.165, 1.54) is 15.8 Å². The lowest BCUT2D eigenvalue weighted by Gasteiger charge is -2.24. The molecule has 26 heavy (non-hydrogen) atoms. The number of hydrogen-bond donors (Lipinski definition) is 0. The number of ether oxygens (including phenoxy) is 1. The second-order valence-corrected chi connectivity index (χ2v) is 7.92. The third-order valence-corrected chi connectivity index (χ3v) is 6.21. The van der Waals surface area contributed by atoms with Gasteiger partial charge in [-0.2, -0.15) is 0 Å². The molecule has 0 fully saturated rings. The van der Waals surface area contributed by atoms with E-state index in [0.717, 1.165) is 31.7 Å². The maximum Gasteiger partial charge on any atom is 0.227 e. The number of carbonyl (C=O) groups excluding carboxylic acids is 1. The minimum absolute atomic E-state index is 0.214. The normalized spacial score (nSPS) is 17.3. The van der Waals surface area contributed by atoms with Crippen LogP contribution in [0.4, 0.5) is 0 Å². The monoisotopic (exact) mass is 368 g/mol. The van der Waals surface area contributed by atoms with Crippen molar-refractivity contribution in [2.24, 2.45) is 5.92 Å². The Kier molecular flexibility index (Phi) is 5.09. The van der Waals surface area contributed by atoms with Gasteiger partial charge in [-0.15, -0.1) is 11.3 Å². The molecule has 1 aromatic carbocycles. The first kappa shape index (κ1) is 17.3. The number of thiophene rings is 1. The van der Waals surface area contributed by atoms with Gasteiger partial charge in [0, 0.05) is 43.4 Å². The number of aromatic nitrogens is 1. The first-order valence-corrected chi connectivity index (χ1v) is 9.98. The van der Waals surface area contributed by atoms with Crippen molar-refractivity contribution in [2.75, 3.05) is 20.3 Å². The molecule has 3 aromatic rings. The molecule has 5 heteroatoms. The van der Waals surface area contributed by atoms with Crippen LogP contribution in [-0.2, 0) is 29.0 Å². The molecule has 0 saturated carbocycles. The number of carbonyl (C=O) groups is 1. The van der Waals surface area contributed by atoms with Gasteiger partial charge in [-0.1, -0.05) is 18.2 Å². The van der Waals surface area contributed by atoms with Gasteiger partial charge in [0.1, 0.15) is 0 Å². The van der Waals surface area contributed by atoms with Crippen LogP contribution >= 0.6 is 11.3 Å². The minimum Gasteiger partial charge on any atom is -0.385 e. The summed E-state index contributed by atoms with van der Waals surface area (Å²) in [4.78, 5) is 15.1. The number of nitrogens with zero attached hydrogens (tertiary/aromatic N) is 2. The second kappa shape index (κ2) is 7.64. The molecule has 1 amide bonds. The zero-order valence-corrected chi connectivity index (χ0v) is 15.9. The van der Waals surface area contributed by atoms with Crippen LogP contribution in [0.5, 0.6) is 0 Å². The standard InChI is InChI=1S/C21H24N2O2S/c1-25-10-8-16-12-22-9-4-5-18(22)14-23(13-16)21(24)11-17-15-26-20-7-3-2-6-19(17)20/h2-7,9,15-16H,8,10-14H2,1H3/t16-/m1/s1. The van der Waals surface area contributed by atoms with Crippen LogP contribution in [0, 0.1) is 5.92 Å². The predicted molar refractivity (Wildman–Crippen MR) is 105 cm³/mol. The maximum atomic E-state index is 13.1. The molecule has 136 valence electrons. The Morgan fingerprint density at radius 3 is 3.00 bits per heavy atom. The molecule has 1 atom stereocenters. The highest BCUT2D eigenvalue weighted by atomic mass is 32.1. The van der Waals surface area contributed by atoms with Crippen LogP contribution in [0.2, 0.25) is 0 Å². The number of hydrogen-bond acceptors (Lipinski definition) is 3. The van der Waals surface area contributed by atoms with Crippen molar-refractivity contribution in [1.82, 2.24) is 9.47 Å². The fourth-order valence-corrected chi connectivity index (χ4v) is 4.74. The van der Waals surface area contributed by atoms with E-state index in [2.05, 4.69) is 40.4 Å². The van der Waals surface area contributed by atoms with Gasteiger partial charge >= 0.3 is 0 Å². The van der Waals surface area contributed by atoms with E-state index in [4.69, 9.17) is 4.74 Å². The van der Waals surface area contributed by atoms with Crippen molar-refractivity contribution in [2.45, 2.75) is 25.9 Å². The highest BCUT2D eigenvalue weighted by molar-refractivity contribution is 7.17. The van der Waals surface area contributed by atoms with Crippen molar-refractivity contribution >= 4 is 27.3 Å². The van der Waals surface area contributed by atoms with Crippen LogP contribution in [0.1, 0.15) is 17.7 Å². The SMILES string of the molecule is COCC[C@H]1CN(C(=O)Cc2csc3ccccc23)Cc2cccn2C1. The lowest BCUT2D eigenvalue weighted by atomic mass is 10.0. The van der Waals surface area contributed by atoms with E-state index in [1.54, 1.807) is 18.4 Å². The fraction of sp³-hybridized carbons (Fsp3) is 0.381. The molecule has 0 N–H and O–H groups in total. The highest BCUT2D eigenvalue weighted by Gasteiger charge is 2.25. The molecule has 1 aliphatic rings. The number of rotatable bonds is 5. The number of amides is 1. The molecule has 3 heterocycles. The molecular weight excluding hydrogens is 344 g/mol. The largest absolute Gasteiger partial charge is 0.385 e. The highest BCUT2D eigenvalue weighted by Crippen LogP contribution is 2.27. The van der Waals surface area contributed by atoms with E-state index < -0.39 is 0 Å². The summed E-state index contributed by atoms with van der Waals surface area (Å²) in [7, 11) is 1.74. The van der Waals surface area contributed by atoms with Crippen molar-refractivity contribution in [3.63, 3.8) is 0 Å². The Morgan fingerprint density at radius 1 is 1.23 bits per heavy atom. The van der Waals surface area contributed by atoms with Crippen LogP contribution in [0.25, 0.3) is 10.1 Å². The van der Waals surface area contributed by atoms with Crippen molar-refractivity contribution in [1.29, 1.82) is 0 Å². The third-order valence-electron chi connectivity index (χ3n) is 5.20. The molecular formula is C21H24N2O2S. The van der Waals surface area contributed by atoms with Gasteiger partial charge in [0.2, 0.25) is 5.91 Å². The molecule has 4 rings (SSSR count). The van der Waals surface area contributed by atoms with Gasteiger partial charge in [-0.3, -0.25) is 4.79 Å². The summed E-state index contributed by atoms with van der Waals surface area (Å²) in [5, 5.41) is 3.34. The minimum atomic E-state index is 0.214. The summed E-state index contributed by atoms with van der Waals surface area (Å²) in [6.45, 7) is 3.18. The number of methoxy groups -OCH3 is 1. The van der Waals surface area contributed by atoms with Gasteiger partial charge in [0.25, 0.3) is 0 Å². The van der Waals surface area contributed by atoms with Gasteiger partial charge in [-0.25, -0.2) is 0 Å². The van der Waals surface area contributed by atoms with Crippen LogP contribution < -0.4 is 0 Å². The molecule has 2 aromatic heterocycles. The summed E-state index contributed by atoms with van der Waals surface area (Å²) in [5.41, 5.74) is 2.36. The Labute approximate surface area is 158 Å². The van der Waals surface area contributed by atoms with Crippen LogP contribution in [0.15, 0.2) is 48.0 Å². The zero-order valence-electron chi connectivity index (χ0n) is 15.1. The summed E-state index contributed by atoms with van der Waals surface area (Å²) in [6.07, 6.45) is 3.57. The first-order valence-electron chi connectivity index (χ1n) is 9.10. The molecule has 4 nitrogen and oxygen atoms in total. The topological polar surface area (TPSA) is 34.5 Å². The molecule has 0 unspecified atom stereocenters. The maximum absolute atomic E-state index is 13.1. The lowest BCUT2D eigenvalue weighted by Crippen LogP contribution is -2.35. The van der Waals surface area contributed by atoms with Gasteiger partial charge in [-0.05, 0) is 46.9 Å². The molecule has 0 radical (unpaired) electrons. The van der Waals surface area contributed by atoms with Crippen molar-refractivity contribution < 1.29 is 9.53 Å². The van der Waals surface area contributed by atoms with Crippen LogP contribution in [-0.4, -0.2) is 35.6 Å². The fourth-order valence-electron chi connectivity index (χ4n) is 3.78. The molecule has 0 spiro atoms. The Balaban J connectivity index is 1.54. The number of fused-ring (bicyclic) bond motifs is 2. The molecule has 1 aliphatic heterocycles. The van der Waals surface area contributed by atoms with E-state index in [-0.39, 0.29) is 5.91 Å². The summed E-state index contributed by atoms with van der Waals surface area (Å²) >= 11 is 1.72. The smallest absolute Gasteiger partial charge is 0.227 e. The molecule has 0 aliphatic carbocycles.